The Morgan fingerprint density at radius 1 is 1.14 bits per heavy atom. The molecule has 2 aromatic rings. The van der Waals surface area contributed by atoms with Crippen LogP contribution in [0.3, 0.4) is 0 Å². The predicted octanol–water partition coefficient (Wildman–Crippen LogP) is 4.28. The van der Waals surface area contributed by atoms with Crippen molar-refractivity contribution in [2.24, 2.45) is 0 Å². The Labute approximate surface area is 129 Å². The Hall–Kier alpha value is -2.69. The van der Waals surface area contributed by atoms with Crippen LogP contribution < -0.4 is 5.32 Å². The van der Waals surface area contributed by atoms with E-state index in [2.05, 4.69) is 19.2 Å². The number of benzene rings is 2. The first-order valence-corrected chi connectivity index (χ1v) is 7.05. The van der Waals surface area contributed by atoms with Gasteiger partial charge in [0.25, 0.3) is 11.6 Å². The van der Waals surface area contributed by atoms with E-state index in [9.17, 15) is 14.9 Å². The fraction of sp³-hybridized carbons (Fsp3) is 0.235. The Balaban J connectivity index is 2.22. The molecular formula is C17H18N2O3. The molecule has 1 amide bonds. The molecule has 0 unspecified atom stereocenters. The SMILES string of the molecule is Cc1c(NC(=O)c2ccc(C(C)C)cc2)cccc1[N+](=O)[O-]. The van der Waals surface area contributed by atoms with E-state index >= 15 is 0 Å². The van der Waals surface area contributed by atoms with Crippen LogP contribution in [-0.4, -0.2) is 10.8 Å². The molecule has 22 heavy (non-hydrogen) atoms. The summed E-state index contributed by atoms with van der Waals surface area (Å²) in [6.45, 7) is 5.79. The highest BCUT2D eigenvalue weighted by Crippen LogP contribution is 2.25. The summed E-state index contributed by atoms with van der Waals surface area (Å²) in [5, 5.41) is 13.7. The van der Waals surface area contributed by atoms with Crippen molar-refractivity contribution < 1.29 is 9.72 Å². The van der Waals surface area contributed by atoms with Gasteiger partial charge < -0.3 is 5.32 Å². The van der Waals surface area contributed by atoms with Crippen molar-refractivity contribution in [2.75, 3.05) is 5.32 Å². The summed E-state index contributed by atoms with van der Waals surface area (Å²) >= 11 is 0. The van der Waals surface area contributed by atoms with E-state index in [0.29, 0.717) is 22.7 Å². The summed E-state index contributed by atoms with van der Waals surface area (Å²) in [4.78, 5) is 22.7. The van der Waals surface area contributed by atoms with E-state index in [1.54, 1.807) is 31.2 Å². The first-order chi connectivity index (χ1) is 10.4. The molecule has 0 atom stereocenters. The van der Waals surface area contributed by atoms with Crippen molar-refractivity contribution in [1.29, 1.82) is 0 Å². The second-order valence-corrected chi connectivity index (χ2v) is 5.44. The van der Waals surface area contributed by atoms with Crippen LogP contribution in [0, 0.1) is 17.0 Å². The fourth-order valence-electron chi connectivity index (χ4n) is 2.17. The van der Waals surface area contributed by atoms with Gasteiger partial charge in [0.15, 0.2) is 0 Å². The average molecular weight is 298 g/mol. The lowest BCUT2D eigenvalue weighted by molar-refractivity contribution is -0.385. The van der Waals surface area contributed by atoms with Crippen molar-refractivity contribution in [2.45, 2.75) is 26.7 Å². The molecule has 114 valence electrons. The van der Waals surface area contributed by atoms with Gasteiger partial charge in [0.2, 0.25) is 0 Å². The van der Waals surface area contributed by atoms with E-state index in [0.717, 1.165) is 5.56 Å². The number of nitrogens with zero attached hydrogens (tertiary/aromatic N) is 1. The highest BCUT2D eigenvalue weighted by atomic mass is 16.6. The molecule has 0 saturated carbocycles. The molecule has 0 aliphatic rings. The van der Waals surface area contributed by atoms with E-state index in [4.69, 9.17) is 0 Å². The topological polar surface area (TPSA) is 72.2 Å². The minimum atomic E-state index is -0.456. The molecule has 0 spiro atoms. The number of nitrogens with one attached hydrogen (secondary N) is 1. The number of hydrogen-bond acceptors (Lipinski definition) is 3. The summed E-state index contributed by atoms with van der Waals surface area (Å²) in [6, 6.07) is 12.0. The smallest absolute Gasteiger partial charge is 0.274 e. The number of nitro groups is 1. The molecule has 0 aliphatic carbocycles. The summed E-state index contributed by atoms with van der Waals surface area (Å²) in [7, 11) is 0. The zero-order valence-electron chi connectivity index (χ0n) is 12.8. The molecule has 2 aromatic carbocycles. The van der Waals surface area contributed by atoms with E-state index in [-0.39, 0.29) is 11.6 Å². The molecule has 0 fully saturated rings. The van der Waals surface area contributed by atoms with Crippen molar-refractivity contribution in [1.82, 2.24) is 0 Å². The van der Waals surface area contributed by atoms with Crippen LogP contribution >= 0.6 is 0 Å². The van der Waals surface area contributed by atoms with Crippen LogP contribution in [0.25, 0.3) is 0 Å². The van der Waals surface area contributed by atoms with Gasteiger partial charge in [0, 0.05) is 11.6 Å². The third-order valence-corrected chi connectivity index (χ3v) is 3.59. The number of nitro benzene ring substituents is 1. The number of hydrogen-bond donors (Lipinski definition) is 1. The van der Waals surface area contributed by atoms with Crippen LogP contribution in [-0.2, 0) is 0 Å². The zero-order chi connectivity index (χ0) is 16.3. The van der Waals surface area contributed by atoms with Gasteiger partial charge in [-0.3, -0.25) is 14.9 Å². The Morgan fingerprint density at radius 3 is 2.32 bits per heavy atom. The van der Waals surface area contributed by atoms with Crippen LogP contribution in [0.1, 0.15) is 41.3 Å². The molecule has 0 radical (unpaired) electrons. The van der Waals surface area contributed by atoms with Gasteiger partial charge in [-0.05, 0) is 36.6 Å². The monoisotopic (exact) mass is 298 g/mol. The number of carbonyl (C=O) groups is 1. The Kier molecular flexibility index (Phi) is 4.56. The van der Waals surface area contributed by atoms with Crippen molar-refractivity contribution in [3.63, 3.8) is 0 Å². The Bertz CT molecular complexity index is 706. The van der Waals surface area contributed by atoms with Crippen LogP contribution in [0.2, 0.25) is 0 Å². The van der Waals surface area contributed by atoms with Gasteiger partial charge in [0.1, 0.15) is 0 Å². The number of amides is 1. The number of anilines is 1. The molecule has 0 bridgehead atoms. The Morgan fingerprint density at radius 2 is 1.77 bits per heavy atom. The molecule has 0 aliphatic heterocycles. The minimum Gasteiger partial charge on any atom is -0.321 e. The van der Waals surface area contributed by atoms with Gasteiger partial charge in [-0.25, -0.2) is 0 Å². The molecule has 0 aromatic heterocycles. The summed E-state index contributed by atoms with van der Waals surface area (Å²) in [6.07, 6.45) is 0. The van der Waals surface area contributed by atoms with Gasteiger partial charge >= 0.3 is 0 Å². The molecule has 0 saturated heterocycles. The number of carbonyl (C=O) groups excluding carboxylic acids is 1. The third-order valence-electron chi connectivity index (χ3n) is 3.59. The first kappa shape index (κ1) is 15.7. The second kappa shape index (κ2) is 6.39. The molecule has 2 rings (SSSR count). The standard InChI is InChI=1S/C17H18N2O3/c1-11(2)13-7-9-14(10-8-13)17(20)18-15-5-4-6-16(12(15)3)19(21)22/h4-11H,1-3H3,(H,18,20). The summed E-state index contributed by atoms with van der Waals surface area (Å²) < 4.78 is 0. The molecule has 5 nitrogen and oxygen atoms in total. The molecule has 5 heteroatoms. The average Bonchev–Trinajstić information content (AvgIpc) is 2.49. The van der Waals surface area contributed by atoms with Crippen molar-refractivity contribution >= 4 is 17.3 Å². The normalized spacial score (nSPS) is 10.5. The maximum Gasteiger partial charge on any atom is 0.274 e. The lowest BCUT2D eigenvalue weighted by Crippen LogP contribution is -2.13. The highest BCUT2D eigenvalue weighted by molar-refractivity contribution is 6.04. The third kappa shape index (κ3) is 3.31. The first-order valence-electron chi connectivity index (χ1n) is 7.05. The van der Waals surface area contributed by atoms with Crippen LogP contribution in [0.5, 0.6) is 0 Å². The molecule has 0 heterocycles. The van der Waals surface area contributed by atoms with Gasteiger partial charge in [-0.15, -0.1) is 0 Å². The van der Waals surface area contributed by atoms with E-state index < -0.39 is 4.92 Å². The summed E-state index contributed by atoms with van der Waals surface area (Å²) in [5.74, 6) is 0.120. The molecular weight excluding hydrogens is 280 g/mol. The highest BCUT2D eigenvalue weighted by Gasteiger charge is 2.15. The fourth-order valence-corrected chi connectivity index (χ4v) is 2.17. The van der Waals surface area contributed by atoms with Crippen molar-refractivity contribution in [3.8, 4) is 0 Å². The lowest BCUT2D eigenvalue weighted by atomic mass is 10.0. The maximum atomic E-state index is 12.2. The van der Waals surface area contributed by atoms with Crippen LogP contribution in [0.15, 0.2) is 42.5 Å². The van der Waals surface area contributed by atoms with E-state index in [1.807, 2.05) is 12.1 Å². The van der Waals surface area contributed by atoms with Crippen molar-refractivity contribution in [3.05, 3.63) is 69.3 Å². The molecule has 1 N–H and O–H groups in total. The number of rotatable bonds is 4. The van der Waals surface area contributed by atoms with E-state index in [1.165, 1.54) is 6.07 Å². The quantitative estimate of drug-likeness (QED) is 0.676. The largest absolute Gasteiger partial charge is 0.321 e. The minimum absolute atomic E-state index is 0.00652. The lowest BCUT2D eigenvalue weighted by Gasteiger charge is -2.10. The summed E-state index contributed by atoms with van der Waals surface area (Å²) in [5.41, 5.74) is 2.57. The second-order valence-electron chi connectivity index (χ2n) is 5.44. The van der Waals surface area contributed by atoms with Gasteiger partial charge in [0.05, 0.1) is 16.2 Å². The maximum absolute atomic E-state index is 12.2. The van der Waals surface area contributed by atoms with Gasteiger partial charge in [-0.2, -0.15) is 0 Å². The van der Waals surface area contributed by atoms with Gasteiger partial charge in [-0.1, -0.05) is 32.0 Å². The van der Waals surface area contributed by atoms with Crippen LogP contribution in [0.4, 0.5) is 11.4 Å². The predicted molar refractivity (Wildman–Crippen MR) is 86.3 cm³/mol. The zero-order valence-corrected chi connectivity index (χ0v) is 12.8.